The van der Waals surface area contributed by atoms with Crippen molar-refractivity contribution >= 4 is 11.3 Å². The molecule has 0 aromatic carbocycles. The van der Waals surface area contributed by atoms with E-state index < -0.39 is 0 Å². The van der Waals surface area contributed by atoms with Gasteiger partial charge in [0.25, 0.3) is 0 Å². The van der Waals surface area contributed by atoms with Crippen molar-refractivity contribution in [2.24, 2.45) is 5.41 Å². The van der Waals surface area contributed by atoms with Gasteiger partial charge in [0, 0.05) is 30.0 Å². The number of aliphatic hydroxyl groups is 1. The van der Waals surface area contributed by atoms with Crippen LogP contribution in [0.4, 0.5) is 0 Å². The lowest BCUT2D eigenvalue weighted by Crippen LogP contribution is -2.25. The molecule has 0 amide bonds. The third kappa shape index (κ3) is 2.30. The maximum absolute atomic E-state index is 9.08. The predicted molar refractivity (Wildman–Crippen MR) is 54.8 cm³/mol. The molecular formula is C10H15NOS. The van der Waals surface area contributed by atoms with Gasteiger partial charge < -0.3 is 10.4 Å². The number of nitrogens with one attached hydrogen (secondary N) is 1. The fourth-order valence-corrected chi connectivity index (χ4v) is 2.11. The Balaban J connectivity index is 1.70. The minimum atomic E-state index is 0.233. The Hall–Kier alpha value is -0.380. The van der Waals surface area contributed by atoms with Gasteiger partial charge in [-0.2, -0.15) is 0 Å². The Morgan fingerprint density at radius 2 is 2.38 bits per heavy atom. The molecule has 2 rings (SSSR count). The summed E-state index contributed by atoms with van der Waals surface area (Å²) in [6, 6.07) is 4.21. The van der Waals surface area contributed by atoms with Gasteiger partial charge in [-0.1, -0.05) is 6.07 Å². The average Bonchev–Trinajstić information content (AvgIpc) is 2.74. The molecule has 1 saturated carbocycles. The Bertz CT molecular complexity index is 254. The van der Waals surface area contributed by atoms with Crippen molar-refractivity contribution in [3.63, 3.8) is 0 Å². The van der Waals surface area contributed by atoms with E-state index in [9.17, 15) is 0 Å². The normalized spacial score (nSPS) is 18.8. The van der Waals surface area contributed by atoms with Gasteiger partial charge in [0.05, 0.1) is 0 Å². The molecule has 1 heterocycles. The number of aliphatic hydroxyl groups excluding tert-OH is 1. The minimum Gasteiger partial charge on any atom is -0.396 e. The van der Waals surface area contributed by atoms with Gasteiger partial charge in [-0.15, -0.1) is 11.3 Å². The molecule has 0 unspecified atom stereocenters. The van der Waals surface area contributed by atoms with Crippen LogP contribution in [0, 0.1) is 5.41 Å². The molecule has 1 aromatic rings. The maximum Gasteiger partial charge on any atom is 0.0499 e. The minimum absolute atomic E-state index is 0.233. The molecule has 0 spiro atoms. The third-order valence-electron chi connectivity index (χ3n) is 2.67. The number of rotatable bonds is 5. The Morgan fingerprint density at radius 1 is 1.54 bits per heavy atom. The molecule has 0 atom stereocenters. The number of thiophene rings is 1. The highest BCUT2D eigenvalue weighted by atomic mass is 32.1. The highest BCUT2D eigenvalue weighted by Crippen LogP contribution is 2.44. The largest absolute Gasteiger partial charge is 0.396 e. The van der Waals surface area contributed by atoms with Gasteiger partial charge in [0.15, 0.2) is 0 Å². The maximum atomic E-state index is 9.08. The smallest absolute Gasteiger partial charge is 0.0499 e. The van der Waals surface area contributed by atoms with E-state index in [0.717, 1.165) is 13.1 Å². The summed E-state index contributed by atoms with van der Waals surface area (Å²) in [5.74, 6) is 0. The molecule has 0 aliphatic heterocycles. The van der Waals surface area contributed by atoms with E-state index in [-0.39, 0.29) is 5.41 Å². The summed E-state index contributed by atoms with van der Waals surface area (Å²) < 4.78 is 0. The van der Waals surface area contributed by atoms with Crippen molar-refractivity contribution in [1.29, 1.82) is 0 Å². The first-order valence-corrected chi connectivity index (χ1v) is 5.57. The molecule has 0 bridgehead atoms. The van der Waals surface area contributed by atoms with E-state index in [1.807, 2.05) is 0 Å². The molecule has 1 aromatic heterocycles. The first kappa shape index (κ1) is 9.19. The van der Waals surface area contributed by atoms with Crippen molar-refractivity contribution in [3.8, 4) is 0 Å². The Labute approximate surface area is 82.6 Å². The zero-order chi connectivity index (χ0) is 9.15. The standard InChI is InChI=1S/C10H15NOS/c12-8-10(3-4-10)7-11-6-9-2-1-5-13-9/h1-2,5,11-12H,3-4,6-8H2. The molecule has 13 heavy (non-hydrogen) atoms. The van der Waals surface area contributed by atoms with Crippen molar-refractivity contribution < 1.29 is 5.11 Å². The first-order valence-electron chi connectivity index (χ1n) is 4.69. The molecular weight excluding hydrogens is 182 g/mol. The highest BCUT2D eigenvalue weighted by molar-refractivity contribution is 7.09. The van der Waals surface area contributed by atoms with Crippen LogP contribution in [0.1, 0.15) is 17.7 Å². The van der Waals surface area contributed by atoms with E-state index in [4.69, 9.17) is 5.11 Å². The monoisotopic (exact) mass is 197 g/mol. The second-order valence-corrected chi connectivity index (χ2v) is 4.87. The molecule has 1 aliphatic carbocycles. The van der Waals surface area contributed by atoms with Gasteiger partial charge in [0.2, 0.25) is 0 Å². The zero-order valence-electron chi connectivity index (χ0n) is 7.62. The molecule has 3 heteroatoms. The van der Waals surface area contributed by atoms with Crippen LogP contribution in [0.2, 0.25) is 0 Å². The SMILES string of the molecule is OCC1(CNCc2cccs2)CC1. The molecule has 72 valence electrons. The topological polar surface area (TPSA) is 32.3 Å². The second-order valence-electron chi connectivity index (χ2n) is 3.84. The zero-order valence-corrected chi connectivity index (χ0v) is 8.44. The molecule has 2 nitrogen and oxygen atoms in total. The van der Waals surface area contributed by atoms with E-state index in [1.54, 1.807) is 11.3 Å². The van der Waals surface area contributed by atoms with Crippen molar-refractivity contribution in [2.75, 3.05) is 13.2 Å². The number of hydrogen-bond acceptors (Lipinski definition) is 3. The van der Waals surface area contributed by atoms with Crippen LogP contribution in [0.3, 0.4) is 0 Å². The van der Waals surface area contributed by atoms with Gasteiger partial charge >= 0.3 is 0 Å². The van der Waals surface area contributed by atoms with Crippen molar-refractivity contribution in [3.05, 3.63) is 22.4 Å². The van der Waals surface area contributed by atoms with E-state index >= 15 is 0 Å². The van der Waals surface area contributed by atoms with Gasteiger partial charge in [0.1, 0.15) is 0 Å². The van der Waals surface area contributed by atoms with Crippen LogP contribution in [0.5, 0.6) is 0 Å². The fraction of sp³-hybridized carbons (Fsp3) is 0.600. The summed E-state index contributed by atoms with van der Waals surface area (Å²) in [5.41, 5.74) is 0.233. The lowest BCUT2D eigenvalue weighted by Gasteiger charge is -2.11. The van der Waals surface area contributed by atoms with Crippen molar-refractivity contribution in [2.45, 2.75) is 19.4 Å². The molecule has 1 aliphatic rings. The lowest BCUT2D eigenvalue weighted by atomic mass is 10.1. The quantitative estimate of drug-likeness (QED) is 0.751. The van der Waals surface area contributed by atoms with E-state index in [0.29, 0.717) is 6.61 Å². The first-order chi connectivity index (χ1) is 6.35. The molecule has 0 saturated heterocycles. The van der Waals surface area contributed by atoms with Crippen LogP contribution < -0.4 is 5.32 Å². The Kier molecular flexibility index (Phi) is 2.67. The van der Waals surface area contributed by atoms with E-state index in [1.165, 1.54) is 17.7 Å². The molecule has 2 N–H and O–H groups in total. The summed E-state index contributed by atoms with van der Waals surface area (Å²) in [4.78, 5) is 1.37. The molecule has 0 radical (unpaired) electrons. The fourth-order valence-electron chi connectivity index (χ4n) is 1.43. The summed E-state index contributed by atoms with van der Waals surface area (Å²) in [7, 11) is 0. The lowest BCUT2D eigenvalue weighted by molar-refractivity contribution is 0.207. The van der Waals surface area contributed by atoms with Crippen LogP contribution in [-0.4, -0.2) is 18.3 Å². The summed E-state index contributed by atoms with van der Waals surface area (Å²) in [6.45, 7) is 2.24. The molecule has 1 fully saturated rings. The summed E-state index contributed by atoms with van der Waals surface area (Å²) >= 11 is 1.78. The Morgan fingerprint density at radius 3 is 2.92 bits per heavy atom. The van der Waals surface area contributed by atoms with E-state index in [2.05, 4.69) is 22.8 Å². The van der Waals surface area contributed by atoms with Crippen LogP contribution in [0.15, 0.2) is 17.5 Å². The number of hydrogen-bond donors (Lipinski definition) is 2. The van der Waals surface area contributed by atoms with Gasteiger partial charge in [-0.3, -0.25) is 0 Å². The predicted octanol–water partition coefficient (Wildman–Crippen LogP) is 1.61. The van der Waals surface area contributed by atoms with Crippen LogP contribution >= 0.6 is 11.3 Å². The third-order valence-corrected chi connectivity index (χ3v) is 3.55. The highest BCUT2D eigenvalue weighted by Gasteiger charge is 2.41. The summed E-state index contributed by atoms with van der Waals surface area (Å²) in [5, 5.41) is 14.6. The van der Waals surface area contributed by atoms with Gasteiger partial charge in [-0.05, 0) is 24.3 Å². The summed E-state index contributed by atoms with van der Waals surface area (Å²) in [6.07, 6.45) is 2.36. The van der Waals surface area contributed by atoms with Crippen molar-refractivity contribution in [1.82, 2.24) is 5.32 Å². The average molecular weight is 197 g/mol. The van der Waals surface area contributed by atoms with Gasteiger partial charge in [-0.25, -0.2) is 0 Å². The van der Waals surface area contributed by atoms with Crippen LogP contribution in [-0.2, 0) is 6.54 Å². The van der Waals surface area contributed by atoms with Crippen LogP contribution in [0.25, 0.3) is 0 Å². The second kappa shape index (κ2) is 3.78.